The lowest BCUT2D eigenvalue weighted by atomic mass is 9.88. The zero-order valence-corrected chi connectivity index (χ0v) is 17.9. The summed E-state index contributed by atoms with van der Waals surface area (Å²) in [6.07, 6.45) is 4.04. The third-order valence-electron chi connectivity index (χ3n) is 5.30. The van der Waals surface area contributed by atoms with Crippen molar-refractivity contribution in [1.29, 1.82) is 0 Å². The van der Waals surface area contributed by atoms with Gasteiger partial charge in [-0.1, -0.05) is 17.7 Å². The van der Waals surface area contributed by atoms with Gasteiger partial charge >= 0.3 is 5.97 Å². The molecular weight excluding hydrogens is 372 g/mol. The quantitative estimate of drug-likeness (QED) is 0.485. The Bertz CT molecular complexity index is 1010. The van der Waals surface area contributed by atoms with Gasteiger partial charge in [0, 0.05) is 30.1 Å². The minimum absolute atomic E-state index is 0.0610. The third-order valence-corrected chi connectivity index (χ3v) is 5.62. The maximum Gasteiger partial charge on any atom is 0.337 e. The van der Waals surface area contributed by atoms with E-state index in [1.165, 1.54) is 12.7 Å². The number of hydrogen-bond donors (Lipinski definition) is 0. The van der Waals surface area contributed by atoms with Crippen molar-refractivity contribution in [2.75, 3.05) is 19.1 Å². The summed E-state index contributed by atoms with van der Waals surface area (Å²) in [5.74, 6) is -0.356. The summed E-state index contributed by atoms with van der Waals surface area (Å²) < 4.78 is 4.76. The number of fused-ring (bicyclic) bond motifs is 1. The second kappa shape index (κ2) is 7.44. The molecule has 3 rings (SSSR count). The largest absolute Gasteiger partial charge is 0.465 e. The zero-order valence-electron chi connectivity index (χ0n) is 17.1. The number of anilines is 1. The summed E-state index contributed by atoms with van der Waals surface area (Å²) in [6.45, 7) is 8.41. The van der Waals surface area contributed by atoms with Gasteiger partial charge < -0.3 is 9.64 Å². The second-order valence-corrected chi connectivity index (χ2v) is 8.09. The Labute approximate surface area is 171 Å². The van der Waals surface area contributed by atoms with Crippen LogP contribution in [0, 0.1) is 6.92 Å². The Morgan fingerprint density at radius 3 is 2.57 bits per heavy atom. The van der Waals surface area contributed by atoms with Crippen LogP contribution in [-0.4, -0.2) is 31.9 Å². The van der Waals surface area contributed by atoms with Crippen LogP contribution in [0.15, 0.2) is 41.4 Å². The highest BCUT2D eigenvalue weighted by Gasteiger charge is 2.29. The molecule has 28 heavy (non-hydrogen) atoms. The molecule has 0 atom stereocenters. The molecule has 1 heterocycles. The highest BCUT2D eigenvalue weighted by molar-refractivity contribution is 6.33. The average Bonchev–Trinajstić information content (AvgIpc) is 2.64. The van der Waals surface area contributed by atoms with Gasteiger partial charge in [0.15, 0.2) is 0 Å². The van der Waals surface area contributed by atoms with Crippen molar-refractivity contribution in [3.63, 3.8) is 0 Å². The van der Waals surface area contributed by atoms with E-state index in [9.17, 15) is 4.79 Å². The van der Waals surface area contributed by atoms with Crippen LogP contribution < -0.4 is 4.90 Å². The number of likely N-dealkylation sites (N-methyl/N-ethyl adjacent to an activating group) is 1. The average molecular weight is 397 g/mol. The fourth-order valence-electron chi connectivity index (χ4n) is 3.47. The molecule has 0 bridgehead atoms. The predicted octanol–water partition coefficient (Wildman–Crippen LogP) is 5.82. The molecule has 2 aromatic rings. The number of rotatable bonds is 3. The van der Waals surface area contributed by atoms with E-state index in [2.05, 4.69) is 49.9 Å². The lowest BCUT2D eigenvalue weighted by Crippen LogP contribution is -2.42. The fraction of sp³-hybridized carbons (Fsp3) is 0.304. The SMILES string of the molecule is COC(=O)c1ccc(N=Cc2cc3c(cc2Cl)N(C)C(C)(C)C=C3C)c(C)c1. The summed E-state index contributed by atoms with van der Waals surface area (Å²) in [7, 11) is 3.45. The van der Waals surface area contributed by atoms with E-state index in [1.807, 2.05) is 19.1 Å². The van der Waals surface area contributed by atoms with Gasteiger partial charge in [0.05, 0.1) is 28.9 Å². The molecule has 0 fully saturated rings. The number of carbonyl (C=O) groups excluding carboxylic acids is 1. The van der Waals surface area contributed by atoms with Crippen molar-refractivity contribution < 1.29 is 9.53 Å². The van der Waals surface area contributed by atoms with Crippen molar-refractivity contribution in [2.24, 2.45) is 4.99 Å². The molecule has 4 nitrogen and oxygen atoms in total. The number of hydrogen-bond acceptors (Lipinski definition) is 4. The number of nitrogens with zero attached hydrogens (tertiary/aromatic N) is 2. The Balaban J connectivity index is 1.96. The third kappa shape index (κ3) is 3.69. The number of aryl methyl sites for hydroxylation is 1. The molecule has 0 saturated heterocycles. The molecule has 0 unspecified atom stereocenters. The van der Waals surface area contributed by atoms with Crippen molar-refractivity contribution in [2.45, 2.75) is 33.2 Å². The molecule has 1 aliphatic heterocycles. The first-order valence-corrected chi connectivity index (χ1v) is 9.52. The molecular formula is C23H25ClN2O2. The lowest BCUT2D eigenvalue weighted by Gasteiger charge is -2.40. The molecule has 0 aliphatic carbocycles. The number of aliphatic imine (C=N–C) groups is 1. The Hall–Kier alpha value is -2.59. The van der Waals surface area contributed by atoms with Gasteiger partial charge in [-0.3, -0.25) is 4.99 Å². The zero-order chi connectivity index (χ0) is 20.6. The van der Waals surface area contributed by atoms with E-state index in [0.717, 1.165) is 28.1 Å². The molecule has 0 spiro atoms. The second-order valence-electron chi connectivity index (χ2n) is 7.68. The standard InChI is InChI=1S/C23H25ClN2O2/c1-14-9-16(22(27)28-6)7-8-20(14)25-13-17-10-18-15(2)12-23(3,4)26(5)21(18)11-19(17)24/h7-13H,1-6H3. The molecule has 1 aliphatic rings. The summed E-state index contributed by atoms with van der Waals surface area (Å²) >= 11 is 6.56. The molecule has 5 heteroatoms. The summed E-state index contributed by atoms with van der Waals surface area (Å²) in [5, 5.41) is 0.656. The van der Waals surface area contributed by atoms with Crippen LogP contribution in [-0.2, 0) is 4.74 Å². The van der Waals surface area contributed by atoms with E-state index in [-0.39, 0.29) is 11.5 Å². The topological polar surface area (TPSA) is 41.9 Å². The van der Waals surface area contributed by atoms with E-state index in [1.54, 1.807) is 18.3 Å². The van der Waals surface area contributed by atoms with Crippen molar-refractivity contribution in [3.8, 4) is 0 Å². The van der Waals surface area contributed by atoms with Crippen LogP contribution in [0.25, 0.3) is 5.57 Å². The smallest absolute Gasteiger partial charge is 0.337 e. The number of allylic oxidation sites excluding steroid dienone is 1. The summed E-state index contributed by atoms with van der Waals surface area (Å²) in [5.41, 5.74) is 6.49. The van der Waals surface area contributed by atoms with Crippen LogP contribution >= 0.6 is 11.6 Å². The van der Waals surface area contributed by atoms with Crippen molar-refractivity contribution >= 4 is 40.7 Å². The lowest BCUT2D eigenvalue weighted by molar-refractivity contribution is 0.0600. The van der Waals surface area contributed by atoms with Gasteiger partial charge in [-0.05, 0) is 69.2 Å². The minimum atomic E-state index is -0.356. The number of halogens is 1. The van der Waals surface area contributed by atoms with Crippen LogP contribution in [0.1, 0.15) is 47.8 Å². The first-order valence-electron chi connectivity index (χ1n) is 9.14. The number of ether oxygens (including phenoxy) is 1. The highest BCUT2D eigenvalue weighted by atomic mass is 35.5. The number of methoxy groups -OCH3 is 1. The van der Waals surface area contributed by atoms with E-state index in [0.29, 0.717) is 10.6 Å². The number of benzene rings is 2. The maximum atomic E-state index is 11.7. The van der Waals surface area contributed by atoms with Gasteiger partial charge in [-0.25, -0.2) is 4.79 Å². The van der Waals surface area contributed by atoms with Crippen LogP contribution in [0.5, 0.6) is 0 Å². The number of carbonyl (C=O) groups is 1. The van der Waals surface area contributed by atoms with Gasteiger partial charge in [-0.2, -0.15) is 0 Å². The fourth-order valence-corrected chi connectivity index (χ4v) is 3.68. The van der Waals surface area contributed by atoms with Gasteiger partial charge in [0.1, 0.15) is 0 Å². The molecule has 0 amide bonds. The van der Waals surface area contributed by atoms with Crippen LogP contribution in [0.4, 0.5) is 11.4 Å². The van der Waals surface area contributed by atoms with Gasteiger partial charge in [-0.15, -0.1) is 0 Å². The van der Waals surface area contributed by atoms with Crippen LogP contribution in [0.2, 0.25) is 5.02 Å². The first-order chi connectivity index (χ1) is 13.1. The van der Waals surface area contributed by atoms with E-state index in [4.69, 9.17) is 16.3 Å². The molecule has 146 valence electrons. The summed E-state index contributed by atoms with van der Waals surface area (Å²) in [6, 6.07) is 9.38. The summed E-state index contributed by atoms with van der Waals surface area (Å²) in [4.78, 5) is 18.5. The van der Waals surface area contributed by atoms with E-state index < -0.39 is 0 Å². The monoisotopic (exact) mass is 396 g/mol. The normalized spacial score (nSPS) is 15.4. The first kappa shape index (κ1) is 20.2. The Morgan fingerprint density at radius 2 is 1.93 bits per heavy atom. The predicted molar refractivity (Wildman–Crippen MR) is 117 cm³/mol. The van der Waals surface area contributed by atoms with Crippen molar-refractivity contribution in [1.82, 2.24) is 0 Å². The maximum absolute atomic E-state index is 11.7. The molecule has 2 aromatic carbocycles. The highest BCUT2D eigenvalue weighted by Crippen LogP contribution is 2.40. The van der Waals surface area contributed by atoms with Crippen LogP contribution in [0.3, 0.4) is 0 Å². The Kier molecular flexibility index (Phi) is 5.35. The molecule has 0 N–H and O–H groups in total. The Morgan fingerprint density at radius 1 is 1.21 bits per heavy atom. The molecule has 0 saturated carbocycles. The van der Waals surface area contributed by atoms with Gasteiger partial charge in [0.25, 0.3) is 0 Å². The van der Waals surface area contributed by atoms with E-state index >= 15 is 0 Å². The molecule has 0 radical (unpaired) electrons. The van der Waals surface area contributed by atoms with Crippen molar-refractivity contribution in [3.05, 3.63) is 63.7 Å². The minimum Gasteiger partial charge on any atom is -0.465 e. The number of esters is 1. The van der Waals surface area contributed by atoms with Gasteiger partial charge in [0.2, 0.25) is 0 Å². The molecule has 0 aromatic heterocycles.